The van der Waals surface area contributed by atoms with Crippen LogP contribution in [0.25, 0.3) is 0 Å². The van der Waals surface area contributed by atoms with Crippen molar-refractivity contribution in [3.63, 3.8) is 0 Å². The molecule has 0 unspecified atom stereocenters. The van der Waals surface area contributed by atoms with Gasteiger partial charge in [0.25, 0.3) is 0 Å². The van der Waals surface area contributed by atoms with E-state index in [4.69, 9.17) is 9.98 Å². The summed E-state index contributed by atoms with van der Waals surface area (Å²) in [5.41, 5.74) is 4.66. The highest BCUT2D eigenvalue weighted by molar-refractivity contribution is 6.15. The lowest BCUT2D eigenvalue weighted by molar-refractivity contribution is 1.02. The van der Waals surface area contributed by atoms with Gasteiger partial charge in [-0.1, -0.05) is 54.6 Å². The van der Waals surface area contributed by atoms with Crippen molar-refractivity contribution < 1.29 is 0 Å². The predicted molar refractivity (Wildman–Crippen MR) is 117 cm³/mol. The minimum absolute atomic E-state index is 0.825. The van der Waals surface area contributed by atoms with E-state index >= 15 is 0 Å². The molecule has 0 aliphatic carbocycles. The topological polar surface area (TPSA) is 31.2 Å². The molecule has 4 heteroatoms. The Balaban J connectivity index is 1.47. The molecule has 0 radical (unpaired) electrons. The molecular weight excluding hydrogens is 344 g/mol. The van der Waals surface area contributed by atoms with Gasteiger partial charge < -0.3 is 9.80 Å². The highest BCUT2D eigenvalue weighted by atomic mass is 15.2. The van der Waals surface area contributed by atoms with Crippen molar-refractivity contribution in [3.05, 3.63) is 96.1 Å². The molecule has 0 saturated heterocycles. The zero-order valence-corrected chi connectivity index (χ0v) is 15.7. The number of benzene rings is 3. The molecule has 0 spiro atoms. The van der Waals surface area contributed by atoms with Gasteiger partial charge in [-0.15, -0.1) is 0 Å². The number of hydrogen-bond donors (Lipinski definition) is 0. The van der Waals surface area contributed by atoms with E-state index in [0.29, 0.717) is 0 Å². The molecular formula is C24H22N4. The van der Waals surface area contributed by atoms with Crippen LogP contribution in [-0.4, -0.2) is 37.9 Å². The van der Waals surface area contributed by atoms with Crippen LogP contribution in [0, 0.1) is 0 Å². The SMILES string of the molecule is c1ccc(N2CCN=C2c2cccc(C3=NCCN3c3ccccc3)c2)cc1. The maximum atomic E-state index is 4.80. The molecule has 2 heterocycles. The summed E-state index contributed by atoms with van der Waals surface area (Å²) < 4.78 is 0. The molecule has 0 atom stereocenters. The number of amidine groups is 2. The normalized spacial score (nSPS) is 16.3. The number of aliphatic imine (C=N–C) groups is 2. The third-order valence-corrected chi connectivity index (χ3v) is 5.20. The van der Waals surface area contributed by atoms with Crippen LogP contribution < -0.4 is 9.80 Å². The standard InChI is InChI=1S/C24H22N4/c1-3-10-21(11-4-1)27-16-14-25-23(27)19-8-7-9-20(18-19)24-26-15-17-28(24)22-12-5-2-6-13-22/h1-13,18H,14-17H2. The first-order valence-corrected chi connectivity index (χ1v) is 9.75. The zero-order chi connectivity index (χ0) is 18.8. The van der Waals surface area contributed by atoms with Crippen LogP contribution in [0.3, 0.4) is 0 Å². The fourth-order valence-electron chi connectivity index (χ4n) is 3.90. The van der Waals surface area contributed by atoms with Crippen molar-refractivity contribution in [1.82, 2.24) is 0 Å². The van der Waals surface area contributed by atoms with Gasteiger partial charge in [0.05, 0.1) is 13.1 Å². The molecule has 4 nitrogen and oxygen atoms in total. The van der Waals surface area contributed by atoms with E-state index in [9.17, 15) is 0 Å². The molecule has 0 aromatic heterocycles. The van der Waals surface area contributed by atoms with Crippen molar-refractivity contribution >= 4 is 23.0 Å². The van der Waals surface area contributed by atoms with Gasteiger partial charge in [-0.25, -0.2) is 0 Å². The van der Waals surface area contributed by atoms with Crippen molar-refractivity contribution in [2.24, 2.45) is 9.98 Å². The van der Waals surface area contributed by atoms with E-state index in [-0.39, 0.29) is 0 Å². The van der Waals surface area contributed by atoms with Gasteiger partial charge in [-0.05, 0) is 30.3 Å². The average Bonchev–Trinajstić information content (AvgIpc) is 3.45. The van der Waals surface area contributed by atoms with Crippen LogP contribution in [0.2, 0.25) is 0 Å². The Morgan fingerprint density at radius 1 is 0.536 bits per heavy atom. The van der Waals surface area contributed by atoms with Crippen LogP contribution in [0.15, 0.2) is 94.9 Å². The van der Waals surface area contributed by atoms with Gasteiger partial charge in [0, 0.05) is 35.6 Å². The van der Waals surface area contributed by atoms with Crippen molar-refractivity contribution in [1.29, 1.82) is 0 Å². The Labute approximate surface area is 165 Å². The molecule has 0 amide bonds. The Morgan fingerprint density at radius 2 is 1.00 bits per heavy atom. The third kappa shape index (κ3) is 3.07. The number of para-hydroxylation sites is 2. The lowest BCUT2D eigenvalue weighted by Gasteiger charge is -2.23. The first-order valence-electron chi connectivity index (χ1n) is 9.75. The summed E-state index contributed by atoms with van der Waals surface area (Å²) in [6.07, 6.45) is 0. The lowest BCUT2D eigenvalue weighted by Crippen LogP contribution is -2.30. The van der Waals surface area contributed by atoms with Gasteiger partial charge in [0.15, 0.2) is 0 Å². The molecule has 2 aliphatic rings. The second kappa shape index (κ2) is 7.31. The Bertz CT molecular complexity index is 944. The monoisotopic (exact) mass is 366 g/mol. The summed E-state index contributed by atoms with van der Waals surface area (Å²) in [4.78, 5) is 14.2. The summed E-state index contributed by atoms with van der Waals surface area (Å²) in [5, 5.41) is 0. The maximum Gasteiger partial charge on any atom is 0.135 e. The van der Waals surface area contributed by atoms with E-state index in [0.717, 1.165) is 49.0 Å². The quantitative estimate of drug-likeness (QED) is 0.692. The van der Waals surface area contributed by atoms with E-state index in [1.807, 2.05) is 12.1 Å². The van der Waals surface area contributed by atoms with Crippen molar-refractivity contribution in [2.75, 3.05) is 36.0 Å². The fraction of sp³-hybridized carbons (Fsp3) is 0.167. The number of rotatable bonds is 4. The van der Waals surface area contributed by atoms with Crippen LogP contribution in [0.5, 0.6) is 0 Å². The van der Waals surface area contributed by atoms with Crippen LogP contribution in [-0.2, 0) is 0 Å². The summed E-state index contributed by atoms with van der Waals surface area (Å²) in [6, 6.07) is 29.6. The van der Waals surface area contributed by atoms with Gasteiger partial charge in [0.2, 0.25) is 0 Å². The van der Waals surface area contributed by atoms with E-state index in [2.05, 4.69) is 82.6 Å². The molecule has 0 N–H and O–H groups in total. The van der Waals surface area contributed by atoms with E-state index in [1.165, 1.54) is 11.4 Å². The maximum absolute atomic E-state index is 4.80. The molecule has 3 aromatic rings. The smallest absolute Gasteiger partial charge is 0.135 e. The van der Waals surface area contributed by atoms with Crippen LogP contribution in [0.1, 0.15) is 11.1 Å². The Kier molecular flexibility index (Phi) is 4.37. The Hall–Kier alpha value is -3.40. The van der Waals surface area contributed by atoms with Crippen molar-refractivity contribution in [3.8, 4) is 0 Å². The molecule has 2 aliphatic heterocycles. The minimum atomic E-state index is 0.825. The highest BCUT2D eigenvalue weighted by Gasteiger charge is 2.23. The molecule has 3 aromatic carbocycles. The third-order valence-electron chi connectivity index (χ3n) is 5.20. The first kappa shape index (κ1) is 16.8. The fourth-order valence-corrected chi connectivity index (χ4v) is 3.90. The van der Waals surface area contributed by atoms with Gasteiger partial charge >= 0.3 is 0 Å². The summed E-state index contributed by atoms with van der Waals surface area (Å²) in [5.74, 6) is 2.08. The summed E-state index contributed by atoms with van der Waals surface area (Å²) in [7, 11) is 0. The molecule has 0 bridgehead atoms. The minimum Gasteiger partial charge on any atom is -0.324 e. The summed E-state index contributed by atoms with van der Waals surface area (Å²) in [6.45, 7) is 3.48. The summed E-state index contributed by atoms with van der Waals surface area (Å²) >= 11 is 0. The second-order valence-electron chi connectivity index (χ2n) is 6.97. The molecule has 138 valence electrons. The predicted octanol–water partition coefficient (Wildman–Crippen LogP) is 4.22. The zero-order valence-electron chi connectivity index (χ0n) is 15.7. The molecule has 5 rings (SSSR count). The van der Waals surface area contributed by atoms with Gasteiger partial charge in [-0.2, -0.15) is 0 Å². The van der Waals surface area contributed by atoms with Crippen molar-refractivity contribution in [2.45, 2.75) is 0 Å². The van der Waals surface area contributed by atoms with Gasteiger partial charge in [0.1, 0.15) is 11.7 Å². The molecule has 0 saturated carbocycles. The first-order chi connectivity index (χ1) is 13.9. The average molecular weight is 366 g/mol. The van der Waals surface area contributed by atoms with E-state index < -0.39 is 0 Å². The highest BCUT2D eigenvalue weighted by Crippen LogP contribution is 2.24. The molecule has 0 fully saturated rings. The number of anilines is 2. The number of nitrogens with zero attached hydrogens (tertiary/aromatic N) is 4. The van der Waals surface area contributed by atoms with E-state index in [1.54, 1.807) is 0 Å². The van der Waals surface area contributed by atoms with Crippen LogP contribution >= 0.6 is 0 Å². The second-order valence-corrected chi connectivity index (χ2v) is 6.97. The van der Waals surface area contributed by atoms with Crippen LogP contribution in [0.4, 0.5) is 11.4 Å². The lowest BCUT2D eigenvalue weighted by atomic mass is 10.1. The van der Waals surface area contributed by atoms with Gasteiger partial charge in [-0.3, -0.25) is 9.98 Å². The number of hydrogen-bond acceptors (Lipinski definition) is 4. The molecule has 28 heavy (non-hydrogen) atoms. The Morgan fingerprint density at radius 3 is 1.46 bits per heavy atom. The largest absolute Gasteiger partial charge is 0.324 e.